The molecule has 0 N–H and O–H groups in total. The number of methoxy groups -OCH3 is 1. The summed E-state index contributed by atoms with van der Waals surface area (Å²) in [6.07, 6.45) is 2.90. The lowest BCUT2D eigenvalue weighted by molar-refractivity contribution is -0.129. The van der Waals surface area contributed by atoms with Gasteiger partial charge in [0.1, 0.15) is 0 Å². The van der Waals surface area contributed by atoms with Gasteiger partial charge in [0.25, 0.3) is 0 Å². The van der Waals surface area contributed by atoms with Crippen molar-refractivity contribution in [1.29, 1.82) is 0 Å². The van der Waals surface area contributed by atoms with Crippen molar-refractivity contribution in [2.75, 3.05) is 20.3 Å². The van der Waals surface area contributed by atoms with E-state index in [0.29, 0.717) is 24.2 Å². The van der Waals surface area contributed by atoms with E-state index in [1.54, 1.807) is 7.11 Å². The van der Waals surface area contributed by atoms with Crippen molar-refractivity contribution in [2.24, 2.45) is 11.8 Å². The average molecular weight is 289 g/mol. The molecule has 21 heavy (non-hydrogen) atoms. The van der Waals surface area contributed by atoms with Crippen molar-refractivity contribution in [1.82, 2.24) is 4.90 Å². The summed E-state index contributed by atoms with van der Waals surface area (Å²) in [4.78, 5) is 14.3. The van der Waals surface area contributed by atoms with Crippen LogP contribution in [0, 0.1) is 11.8 Å². The highest BCUT2D eigenvalue weighted by atomic mass is 16.5. The molecule has 0 bridgehead atoms. The minimum absolute atomic E-state index is 0.179. The van der Waals surface area contributed by atoms with Crippen molar-refractivity contribution in [3.63, 3.8) is 0 Å². The van der Waals surface area contributed by atoms with E-state index in [9.17, 15) is 4.79 Å². The van der Waals surface area contributed by atoms with E-state index in [0.717, 1.165) is 26.0 Å². The lowest BCUT2D eigenvalue weighted by Crippen LogP contribution is -2.28. The molecule has 2 rings (SSSR count). The van der Waals surface area contributed by atoms with Crippen LogP contribution in [0.4, 0.5) is 0 Å². The molecule has 3 nitrogen and oxygen atoms in total. The van der Waals surface area contributed by atoms with Crippen LogP contribution >= 0.6 is 0 Å². The lowest BCUT2D eigenvalue weighted by Gasteiger charge is -2.25. The number of rotatable bonds is 7. The molecule has 1 amide bonds. The van der Waals surface area contributed by atoms with Gasteiger partial charge in [0.05, 0.1) is 6.04 Å². The monoisotopic (exact) mass is 289 g/mol. The Bertz CT molecular complexity index is 446. The predicted molar refractivity (Wildman–Crippen MR) is 85.0 cm³/mol. The Hall–Kier alpha value is -1.35. The molecule has 3 atom stereocenters. The van der Waals surface area contributed by atoms with Gasteiger partial charge >= 0.3 is 0 Å². The summed E-state index contributed by atoms with van der Waals surface area (Å²) in [6, 6.07) is 10.5. The highest BCUT2D eigenvalue weighted by molar-refractivity contribution is 5.79. The number of amides is 1. The Morgan fingerprint density at radius 1 is 1.29 bits per heavy atom. The van der Waals surface area contributed by atoms with Gasteiger partial charge in [0.15, 0.2) is 0 Å². The summed E-state index contributed by atoms with van der Waals surface area (Å²) in [7, 11) is 1.75. The molecule has 1 aromatic carbocycles. The number of hydrogen-bond donors (Lipinski definition) is 0. The molecule has 0 aromatic heterocycles. The molecular formula is C18H27NO2. The Balaban J connectivity index is 1.90. The first-order valence-electron chi connectivity index (χ1n) is 7.95. The summed E-state index contributed by atoms with van der Waals surface area (Å²) in [5.74, 6) is 1.42. The standard InChI is InChI=1S/C18H27NO2/c1-14(9-10-21-3)11-16-12-18(20)19(13-16)15(2)17-7-5-4-6-8-17/h4-8,14-16H,9-13H2,1-3H3/t14?,15-,16?/m0/s1. The van der Waals surface area contributed by atoms with Gasteiger partial charge in [-0.1, -0.05) is 37.3 Å². The smallest absolute Gasteiger partial charge is 0.223 e. The predicted octanol–water partition coefficient (Wildman–Crippen LogP) is 3.66. The summed E-state index contributed by atoms with van der Waals surface area (Å²) < 4.78 is 5.14. The zero-order valence-corrected chi connectivity index (χ0v) is 13.4. The van der Waals surface area contributed by atoms with Crippen LogP contribution in [0.25, 0.3) is 0 Å². The number of carbonyl (C=O) groups excluding carboxylic acids is 1. The Labute approximate surface area is 128 Å². The largest absolute Gasteiger partial charge is 0.385 e. The van der Waals surface area contributed by atoms with E-state index in [1.807, 2.05) is 23.1 Å². The number of hydrogen-bond acceptors (Lipinski definition) is 2. The van der Waals surface area contributed by atoms with Crippen LogP contribution in [0.2, 0.25) is 0 Å². The third-order valence-corrected chi connectivity index (χ3v) is 4.54. The number of benzene rings is 1. The van der Waals surface area contributed by atoms with Crippen LogP contribution < -0.4 is 0 Å². The maximum absolute atomic E-state index is 12.3. The topological polar surface area (TPSA) is 29.5 Å². The van der Waals surface area contributed by atoms with Crippen LogP contribution in [-0.4, -0.2) is 31.1 Å². The van der Waals surface area contributed by atoms with Gasteiger partial charge in [0, 0.05) is 26.7 Å². The van der Waals surface area contributed by atoms with E-state index >= 15 is 0 Å². The summed E-state index contributed by atoms with van der Waals surface area (Å²) >= 11 is 0. The van der Waals surface area contributed by atoms with Gasteiger partial charge < -0.3 is 9.64 Å². The summed E-state index contributed by atoms with van der Waals surface area (Å²) in [5, 5.41) is 0. The minimum Gasteiger partial charge on any atom is -0.385 e. The van der Waals surface area contributed by atoms with E-state index in [1.165, 1.54) is 5.56 Å². The molecule has 1 aliphatic heterocycles. The molecule has 0 radical (unpaired) electrons. The maximum atomic E-state index is 12.3. The van der Waals surface area contributed by atoms with Gasteiger partial charge in [-0.15, -0.1) is 0 Å². The van der Waals surface area contributed by atoms with Gasteiger partial charge in [-0.2, -0.15) is 0 Å². The van der Waals surface area contributed by atoms with Gasteiger partial charge in [-0.05, 0) is 37.2 Å². The van der Waals surface area contributed by atoms with Crippen molar-refractivity contribution in [3.8, 4) is 0 Å². The zero-order chi connectivity index (χ0) is 15.2. The maximum Gasteiger partial charge on any atom is 0.223 e. The van der Waals surface area contributed by atoms with E-state index in [-0.39, 0.29) is 6.04 Å². The fraction of sp³-hybridized carbons (Fsp3) is 0.611. The SMILES string of the molecule is COCCC(C)CC1CC(=O)N([C@@H](C)c2ccccc2)C1. The van der Waals surface area contributed by atoms with Crippen molar-refractivity contribution in [3.05, 3.63) is 35.9 Å². The first-order valence-corrected chi connectivity index (χ1v) is 7.95. The first kappa shape index (κ1) is 16.0. The average Bonchev–Trinajstić information content (AvgIpc) is 2.85. The molecule has 0 aliphatic carbocycles. The first-order chi connectivity index (χ1) is 10.1. The molecule has 3 heteroatoms. The van der Waals surface area contributed by atoms with Gasteiger partial charge in [-0.3, -0.25) is 4.79 Å². The van der Waals surface area contributed by atoms with E-state index in [4.69, 9.17) is 4.74 Å². The molecule has 1 heterocycles. The fourth-order valence-corrected chi connectivity index (χ4v) is 3.26. The van der Waals surface area contributed by atoms with E-state index < -0.39 is 0 Å². The number of likely N-dealkylation sites (tertiary alicyclic amines) is 1. The van der Waals surface area contributed by atoms with Gasteiger partial charge in [-0.25, -0.2) is 0 Å². The highest BCUT2D eigenvalue weighted by Crippen LogP contribution is 2.31. The zero-order valence-electron chi connectivity index (χ0n) is 13.4. The molecule has 116 valence electrons. The van der Waals surface area contributed by atoms with Crippen molar-refractivity contribution >= 4 is 5.91 Å². The second-order valence-electron chi connectivity index (χ2n) is 6.33. The molecule has 2 unspecified atom stereocenters. The van der Waals surface area contributed by atoms with Crippen LogP contribution in [0.5, 0.6) is 0 Å². The number of carbonyl (C=O) groups is 1. The quantitative estimate of drug-likeness (QED) is 0.766. The third-order valence-electron chi connectivity index (χ3n) is 4.54. The Morgan fingerprint density at radius 3 is 2.67 bits per heavy atom. The number of nitrogens with zero attached hydrogens (tertiary/aromatic N) is 1. The molecule has 0 spiro atoms. The van der Waals surface area contributed by atoms with E-state index in [2.05, 4.69) is 26.0 Å². The molecule has 1 saturated heterocycles. The molecule has 1 aliphatic rings. The van der Waals surface area contributed by atoms with Crippen LogP contribution in [0.1, 0.15) is 44.7 Å². The molecule has 1 aromatic rings. The normalized spacial score (nSPS) is 21.6. The minimum atomic E-state index is 0.179. The van der Waals surface area contributed by atoms with Crippen LogP contribution in [0.3, 0.4) is 0 Å². The molecule has 0 saturated carbocycles. The highest BCUT2D eigenvalue weighted by Gasteiger charge is 2.33. The summed E-state index contributed by atoms with van der Waals surface area (Å²) in [6.45, 7) is 6.09. The second kappa shape index (κ2) is 7.60. The molecule has 1 fully saturated rings. The van der Waals surface area contributed by atoms with Gasteiger partial charge in [0.2, 0.25) is 5.91 Å². The number of ether oxygens (including phenoxy) is 1. The third kappa shape index (κ3) is 4.31. The van der Waals surface area contributed by atoms with Crippen molar-refractivity contribution in [2.45, 2.75) is 39.2 Å². The second-order valence-corrected chi connectivity index (χ2v) is 6.33. The Kier molecular flexibility index (Phi) is 5.80. The van der Waals surface area contributed by atoms with Crippen LogP contribution in [-0.2, 0) is 9.53 Å². The molecular weight excluding hydrogens is 262 g/mol. The van der Waals surface area contributed by atoms with Crippen molar-refractivity contribution < 1.29 is 9.53 Å². The Morgan fingerprint density at radius 2 is 2.00 bits per heavy atom. The summed E-state index contributed by atoms with van der Waals surface area (Å²) in [5.41, 5.74) is 1.22. The fourth-order valence-electron chi connectivity index (χ4n) is 3.26. The van der Waals surface area contributed by atoms with Crippen LogP contribution in [0.15, 0.2) is 30.3 Å². The lowest BCUT2D eigenvalue weighted by atomic mass is 9.93.